The summed E-state index contributed by atoms with van der Waals surface area (Å²) in [6, 6.07) is 31.2. The first-order chi connectivity index (χ1) is 17.3. The van der Waals surface area contributed by atoms with Gasteiger partial charge in [-0.25, -0.2) is 9.48 Å². The van der Waals surface area contributed by atoms with E-state index in [1.165, 1.54) is 0 Å². The summed E-state index contributed by atoms with van der Waals surface area (Å²) >= 11 is 0. The lowest BCUT2D eigenvalue weighted by Crippen LogP contribution is -2.39. The molecule has 36 heavy (non-hydrogen) atoms. The molecule has 1 aromatic heterocycles. The zero-order valence-electron chi connectivity index (χ0n) is 21.4. The summed E-state index contributed by atoms with van der Waals surface area (Å²) in [5.41, 5.74) is 2.89. The number of rotatable bonds is 8. The molecule has 0 spiro atoms. The molecule has 0 radical (unpaired) electrons. The normalized spacial score (nSPS) is 11.7. The second kappa shape index (κ2) is 10.7. The molecule has 0 fully saturated rings. The van der Waals surface area contributed by atoms with E-state index in [4.69, 9.17) is 4.74 Å². The fourth-order valence-electron chi connectivity index (χ4n) is 4.38. The van der Waals surface area contributed by atoms with Crippen molar-refractivity contribution in [2.75, 3.05) is 5.32 Å². The number of anilines is 1. The summed E-state index contributed by atoms with van der Waals surface area (Å²) in [5, 5.41) is 11.4. The Kier molecular flexibility index (Phi) is 7.44. The number of carbonyl (C=O) groups is 1. The van der Waals surface area contributed by atoms with Crippen LogP contribution in [-0.4, -0.2) is 21.5 Å². The van der Waals surface area contributed by atoms with Gasteiger partial charge in [-0.05, 0) is 44.4 Å². The largest absolute Gasteiger partial charge is 0.444 e. The summed E-state index contributed by atoms with van der Waals surface area (Å²) in [6.45, 7) is 8.56. The van der Waals surface area contributed by atoms with E-state index in [1.807, 2.05) is 43.7 Å². The van der Waals surface area contributed by atoms with E-state index in [0.29, 0.717) is 6.54 Å². The standard InChI is InChI=1S/C30H34N4O2/c1-5-34-27(23(22-32-34)21-31-28(35)36-29(2,3)4)33-30(24-15-9-6-10-16-24,25-17-11-7-12-18-25)26-19-13-8-14-20-26/h6-20,22,33H,5,21H2,1-4H3,(H,31,35). The Morgan fingerprint density at radius 3 is 1.72 bits per heavy atom. The Bertz CT molecular complexity index is 1170. The third kappa shape index (κ3) is 5.43. The fourth-order valence-corrected chi connectivity index (χ4v) is 4.38. The number of hydrogen-bond donors (Lipinski definition) is 2. The molecular weight excluding hydrogens is 448 g/mol. The van der Waals surface area contributed by atoms with Gasteiger partial charge in [0.15, 0.2) is 0 Å². The van der Waals surface area contributed by atoms with E-state index < -0.39 is 17.2 Å². The van der Waals surface area contributed by atoms with Crippen LogP contribution in [0.25, 0.3) is 0 Å². The fraction of sp³-hybridized carbons (Fsp3) is 0.267. The Hall–Kier alpha value is -4.06. The molecular formula is C30H34N4O2. The maximum absolute atomic E-state index is 12.4. The highest BCUT2D eigenvalue weighted by atomic mass is 16.6. The number of nitrogens with one attached hydrogen (secondary N) is 2. The summed E-state index contributed by atoms with van der Waals surface area (Å²) in [4.78, 5) is 12.4. The molecule has 6 nitrogen and oxygen atoms in total. The van der Waals surface area contributed by atoms with Crippen LogP contribution in [0.1, 0.15) is 49.9 Å². The Morgan fingerprint density at radius 2 is 1.31 bits per heavy atom. The third-order valence-corrected chi connectivity index (χ3v) is 5.96. The van der Waals surface area contributed by atoms with Crippen molar-refractivity contribution in [3.05, 3.63) is 119 Å². The van der Waals surface area contributed by atoms with Crippen LogP contribution in [0.3, 0.4) is 0 Å². The lowest BCUT2D eigenvalue weighted by Gasteiger charge is -2.38. The van der Waals surface area contributed by atoms with Gasteiger partial charge in [-0.2, -0.15) is 5.10 Å². The summed E-state index contributed by atoms with van der Waals surface area (Å²) < 4.78 is 7.37. The zero-order valence-corrected chi connectivity index (χ0v) is 21.4. The van der Waals surface area contributed by atoms with E-state index in [0.717, 1.165) is 28.1 Å². The van der Waals surface area contributed by atoms with Gasteiger partial charge in [-0.1, -0.05) is 91.0 Å². The van der Waals surface area contributed by atoms with Crippen LogP contribution in [0.4, 0.5) is 10.6 Å². The van der Waals surface area contributed by atoms with Crippen molar-refractivity contribution in [1.29, 1.82) is 0 Å². The molecule has 0 aliphatic rings. The predicted molar refractivity (Wildman–Crippen MR) is 144 cm³/mol. The average Bonchev–Trinajstić information content (AvgIpc) is 3.28. The maximum atomic E-state index is 12.4. The van der Waals surface area contributed by atoms with E-state index in [1.54, 1.807) is 6.20 Å². The van der Waals surface area contributed by atoms with Crippen LogP contribution in [0.5, 0.6) is 0 Å². The Morgan fingerprint density at radius 1 is 0.833 bits per heavy atom. The molecule has 0 aliphatic heterocycles. The first kappa shape index (κ1) is 25.0. The smallest absolute Gasteiger partial charge is 0.407 e. The van der Waals surface area contributed by atoms with Crippen molar-refractivity contribution in [3.63, 3.8) is 0 Å². The molecule has 0 bridgehead atoms. The molecule has 2 N–H and O–H groups in total. The van der Waals surface area contributed by atoms with Crippen LogP contribution >= 0.6 is 0 Å². The number of nitrogens with zero attached hydrogens (tertiary/aromatic N) is 2. The molecule has 0 saturated heterocycles. The van der Waals surface area contributed by atoms with Crippen molar-refractivity contribution in [2.45, 2.75) is 51.9 Å². The van der Waals surface area contributed by atoms with Gasteiger partial charge in [-0.15, -0.1) is 0 Å². The van der Waals surface area contributed by atoms with Crippen molar-refractivity contribution in [2.24, 2.45) is 0 Å². The number of hydrogen-bond acceptors (Lipinski definition) is 4. The van der Waals surface area contributed by atoms with Gasteiger partial charge in [0.2, 0.25) is 0 Å². The van der Waals surface area contributed by atoms with Gasteiger partial charge in [0.1, 0.15) is 17.0 Å². The molecule has 0 atom stereocenters. The molecule has 0 saturated carbocycles. The highest BCUT2D eigenvalue weighted by Crippen LogP contribution is 2.40. The number of benzene rings is 3. The number of aromatic nitrogens is 2. The first-order valence-electron chi connectivity index (χ1n) is 12.3. The molecule has 6 heteroatoms. The first-order valence-corrected chi connectivity index (χ1v) is 12.3. The van der Waals surface area contributed by atoms with Gasteiger partial charge in [0.05, 0.1) is 12.7 Å². The van der Waals surface area contributed by atoms with Crippen LogP contribution < -0.4 is 10.6 Å². The van der Waals surface area contributed by atoms with Crippen LogP contribution in [0, 0.1) is 0 Å². The minimum absolute atomic E-state index is 0.283. The highest BCUT2D eigenvalue weighted by Gasteiger charge is 2.37. The average molecular weight is 483 g/mol. The zero-order chi connectivity index (χ0) is 25.6. The molecule has 0 unspecified atom stereocenters. The summed E-state index contributed by atoms with van der Waals surface area (Å²) in [6.07, 6.45) is 1.34. The number of carbonyl (C=O) groups excluding carboxylic acids is 1. The minimum Gasteiger partial charge on any atom is -0.444 e. The quantitative estimate of drug-likeness (QED) is 0.288. The van der Waals surface area contributed by atoms with Crippen molar-refractivity contribution >= 4 is 11.9 Å². The molecule has 1 heterocycles. The van der Waals surface area contributed by atoms with Gasteiger partial charge >= 0.3 is 6.09 Å². The van der Waals surface area contributed by atoms with Gasteiger partial charge in [0.25, 0.3) is 0 Å². The lowest BCUT2D eigenvalue weighted by molar-refractivity contribution is 0.0523. The second-order valence-electron chi connectivity index (χ2n) is 9.66. The lowest BCUT2D eigenvalue weighted by atomic mass is 9.77. The Balaban J connectivity index is 1.83. The summed E-state index contributed by atoms with van der Waals surface area (Å²) in [5.74, 6) is 0.838. The molecule has 186 valence electrons. The minimum atomic E-state index is -0.697. The monoisotopic (exact) mass is 482 g/mol. The number of aryl methyl sites for hydroxylation is 1. The molecule has 0 aliphatic carbocycles. The van der Waals surface area contributed by atoms with Crippen LogP contribution in [0.2, 0.25) is 0 Å². The number of ether oxygens (including phenoxy) is 1. The molecule has 3 aromatic carbocycles. The van der Waals surface area contributed by atoms with Gasteiger partial charge < -0.3 is 15.4 Å². The van der Waals surface area contributed by atoms with Crippen molar-refractivity contribution in [1.82, 2.24) is 15.1 Å². The van der Waals surface area contributed by atoms with Gasteiger partial charge in [0, 0.05) is 12.1 Å². The molecule has 1 amide bonds. The number of alkyl carbamates (subject to hydrolysis) is 1. The summed E-state index contributed by atoms with van der Waals surface area (Å²) in [7, 11) is 0. The van der Waals surface area contributed by atoms with E-state index in [9.17, 15) is 4.79 Å². The predicted octanol–water partition coefficient (Wildman–Crippen LogP) is 6.33. The van der Waals surface area contributed by atoms with E-state index in [-0.39, 0.29) is 6.54 Å². The topological polar surface area (TPSA) is 68.2 Å². The van der Waals surface area contributed by atoms with Crippen molar-refractivity contribution in [3.8, 4) is 0 Å². The van der Waals surface area contributed by atoms with Gasteiger partial charge in [-0.3, -0.25) is 0 Å². The van der Waals surface area contributed by atoms with Crippen molar-refractivity contribution < 1.29 is 9.53 Å². The Labute approximate surface area is 213 Å². The van der Waals surface area contributed by atoms with E-state index in [2.05, 4.69) is 95.5 Å². The number of amides is 1. The molecule has 4 aromatic rings. The SMILES string of the molecule is CCn1ncc(CNC(=O)OC(C)(C)C)c1NC(c1ccccc1)(c1ccccc1)c1ccccc1. The van der Waals surface area contributed by atoms with E-state index >= 15 is 0 Å². The molecule has 4 rings (SSSR count). The third-order valence-electron chi connectivity index (χ3n) is 5.96. The highest BCUT2D eigenvalue weighted by molar-refractivity contribution is 5.68. The van der Waals surface area contributed by atoms with Crippen LogP contribution in [0.15, 0.2) is 97.2 Å². The van der Waals surface area contributed by atoms with Crippen LogP contribution in [-0.2, 0) is 23.4 Å². The maximum Gasteiger partial charge on any atom is 0.407 e. The second-order valence-corrected chi connectivity index (χ2v) is 9.66.